The summed E-state index contributed by atoms with van der Waals surface area (Å²) >= 11 is 0. The Morgan fingerprint density at radius 3 is 1.60 bits per heavy atom. The molecular weight excluding hydrogens is 857 g/mol. The van der Waals surface area contributed by atoms with Crippen LogP contribution in [0.3, 0.4) is 0 Å². The van der Waals surface area contributed by atoms with E-state index in [4.69, 9.17) is 57.6 Å². The number of ether oxygens (including phenoxy) is 1. The van der Waals surface area contributed by atoms with Crippen LogP contribution in [0.25, 0.3) is 34.0 Å². The third kappa shape index (κ3) is 15.0. The molecule has 0 spiro atoms. The lowest BCUT2D eigenvalue weighted by atomic mass is 10.1. The van der Waals surface area contributed by atoms with Gasteiger partial charge in [-0.05, 0) is 112 Å². The summed E-state index contributed by atoms with van der Waals surface area (Å²) in [5, 5.41) is 9.11. The van der Waals surface area contributed by atoms with Gasteiger partial charge < -0.3 is 23.1 Å². The molecule has 0 saturated carbocycles. The minimum Gasteiger partial charge on any atom is -0.464 e. The van der Waals surface area contributed by atoms with Gasteiger partial charge in [0.2, 0.25) is 0 Å². The van der Waals surface area contributed by atoms with Gasteiger partial charge in [-0.1, -0.05) is 5.92 Å². The van der Waals surface area contributed by atoms with Crippen LogP contribution in [0.1, 0.15) is 84.8 Å². The van der Waals surface area contributed by atoms with Crippen molar-refractivity contribution in [3.05, 3.63) is 125 Å². The SMILES string of the molecule is CCOOCc1cc(-c2ccco2)cc(CN2CCN(Cc3cc(-c4ccco4)cc(COOCC)n3)CCN(Cc3cc(-c4ccc(C#CCCCCO)o4)cc(C(=O)OCC)n3)CC2)n1. The number of carbonyl (C=O) groups excluding carboxylic acids is 1. The van der Waals surface area contributed by atoms with Crippen molar-refractivity contribution in [3.63, 3.8) is 0 Å². The third-order valence-electron chi connectivity index (χ3n) is 10.8. The van der Waals surface area contributed by atoms with Gasteiger partial charge in [0.05, 0.1) is 60.8 Å². The Morgan fingerprint density at radius 2 is 1.12 bits per heavy atom. The molecule has 7 heterocycles. The number of aromatic nitrogens is 3. The molecule has 1 saturated heterocycles. The number of carbonyl (C=O) groups is 1. The molecule has 16 heteroatoms. The fourth-order valence-electron chi connectivity index (χ4n) is 7.65. The smallest absolute Gasteiger partial charge is 0.356 e. The standard InChI is InChI=1S/C51H60N6O10/c1-4-60-51(59)47-32-40(50-17-16-46(67-50)13-9-7-8-10-24-58)29-43(54-47)35-57-22-20-55(33-41-27-38(48-14-11-25-61-48)30-44(52-41)36-65-63-5-2)18-19-56(21-23-57)34-42-28-39(49-15-12-26-62-49)31-45(53-42)37-66-64-6-3/h11-12,14-17,25-32,58H,4-8,10,18-24,33-37H2,1-3H3. The van der Waals surface area contributed by atoms with Crippen molar-refractivity contribution in [1.82, 2.24) is 29.7 Å². The fourth-order valence-corrected chi connectivity index (χ4v) is 7.65. The van der Waals surface area contributed by atoms with Crippen molar-refractivity contribution in [2.24, 2.45) is 0 Å². The Bertz CT molecular complexity index is 2390. The number of hydrogen-bond acceptors (Lipinski definition) is 16. The maximum Gasteiger partial charge on any atom is 0.356 e. The number of aliphatic hydroxyl groups is 1. The molecule has 6 aromatic heterocycles. The van der Waals surface area contributed by atoms with Crippen LogP contribution >= 0.6 is 0 Å². The third-order valence-corrected chi connectivity index (χ3v) is 10.8. The Labute approximate surface area is 391 Å². The Hall–Kier alpha value is -6.00. The van der Waals surface area contributed by atoms with Gasteiger partial charge in [0.15, 0.2) is 5.76 Å². The molecule has 0 aromatic carbocycles. The number of rotatable bonds is 22. The summed E-state index contributed by atoms with van der Waals surface area (Å²) in [6.07, 6.45) is 5.49. The van der Waals surface area contributed by atoms with Crippen molar-refractivity contribution in [2.45, 2.75) is 72.9 Å². The molecule has 0 amide bonds. The molecule has 1 N–H and O–H groups in total. The minimum atomic E-state index is -0.506. The molecule has 0 aliphatic carbocycles. The Kier molecular flexibility index (Phi) is 18.8. The first kappa shape index (κ1) is 48.9. The van der Waals surface area contributed by atoms with Crippen LogP contribution < -0.4 is 0 Å². The fraction of sp³-hybridized carbons (Fsp3) is 0.412. The molecule has 0 bridgehead atoms. The zero-order valence-electron chi connectivity index (χ0n) is 38.6. The molecule has 1 aliphatic heterocycles. The minimum absolute atomic E-state index is 0.144. The van der Waals surface area contributed by atoms with E-state index in [1.165, 1.54) is 0 Å². The summed E-state index contributed by atoms with van der Waals surface area (Å²) in [7, 11) is 0. The van der Waals surface area contributed by atoms with E-state index in [1.807, 2.05) is 68.4 Å². The topological polar surface area (TPSA) is 171 Å². The van der Waals surface area contributed by atoms with Crippen molar-refractivity contribution in [2.75, 3.05) is 65.7 Å². The molecule has 6 aromatic rings. The van der Waals surface area contributed by atoms with E-state index < -0.39 is 5.97 Å². The van der Waals surface area contributed by atoms with Crippen LogP contribution in [0, 0.1) is 11.8 Å². The van der Waals surface area contributed by atoms with E-state index in [9.17, 15) is 4.79 Å². The Morgan fingerprint density at radius 1 is 0.612 bits per heavy atom. The highest BCUT2D eigenvalue weighted by atomic mass is 17.2. The maximum atomic E-state index is 13.2. The van der Waals surface area contributed by atoms with Crippen molar-refractivity contribution in [3.8, 4) is 45.8 Å². The number of hydrogen-bond donors (Lipinski definition) is 1. The van der Waals surface area contributed by atoms with Crippen LogP contribution in [0.5, 0.6) is 0 Å². The Balaban J connectivity index is 1.18. The summed E-state index contributed by atoms with van der Waals surface area (Å²) < 4.78 is 23.2. The largest absolute Gasteiger partial charge is 0.464 e. The van der Waals surface area contributed by atoms with Gasteiger partial charge in [0.1, 0.15) is 36.2 Å². The van der Waals surface area contributed by atoms with Crippen molar-refractivity contribution < 1.29 is 47.4 Å². The van der Waals surface area contributed by atoms with Gasteiger partial charge >= 0.3 is 5.97 Å². The van der Waals surface area contributed by atoms with Crippen molar-refractivity contribution in [1.29, 1.82) is 0 Å². The van der Waals surface area contributed by atoms with E-state index in [1.54, 1.807) is 25.5 Å². The molecule has 0 atom stereocenters. The summed E-state index contributed by atoms with van der Waals surface area (Å²) in [5.74, 6) is 8.26. The molecule has 7 rings (SSSR count). The average molecular weight is 917 g/mol. The molecule has 1 fully saturated rings. The van der Waals surface area contributed by atoms with Gasteiger partial charge in [0.25, 0.3) is 0 Å². The zero-order chi connectivity index (χ0) is 46.6. The number of aliphatic hydroxyl groups excluding tert-OH is 1. The highest BCUT2D eigenvalue weighted by molar-refractivity contribution is 5.88. The zero-order valence-corrected chi connectivity index (χ0v) is 38.6. The van der Waals surface area contributed by atoms with Crippen LogP contribution in [-0.2, 0) is 57.1 Å². The normalized spacial score (nSPS) is 14.0. The lowest BCUT2D eigenvalue weighted by molar-refractivity contribution is -0.301. The van der Waals surface area contributed by atoms with Gasteiger partial charge in [-0.2, -0.15) is 0 Å². The second kappa shape index (κ2) is 25.8. The number of pyridine rings is 3. The second-order valence-electron chi connectivity index (χ2n) is 15.9. The van der Waals surface area contributed by atoms with E-state index in [-0.39, 0.29) is 32.1 Å². The molecule has 0 radical (unpaired) electrons. The number of unbranched alkanes of at least 4 members (excludes halogenated alkanes) is 2. The number of esters is 1. The summed E-state index contributed by atoms with van der Waals surface area (Å²) in [6.45, 7) is 13.0. The second-order valence-corrected chi connectivity index (χ2v) is 15.9. The summed E-state index contributed by atoms with van der Waals surface area (Å²) in [5.41, 5.74) is 6.61. The molecule has 1 aliphatic rings. The van der Waals surface area contributed by atoms with Crippen LogP contribution in [0.2, 0.25) is 0 Å². The van der Waals surface area contributed by atoms with Gasteiger partial charge in [0, 0.05) is 88.6 Å². The van der Waals surface area contributed by atoms with Crippen molar-refractivity contribution >= 4 is 5.97 Å². The molecule has 354 valence electrons. The van der Waals surface area contributed by atoms with Gasteiger partial charge in [-0.15, -0.1) is 0 Å². The first-order valence-electron chi connectivity index (χ1n) is 23.0. The number of furan rings is 3. The van der Waals surface area contributed by atoms with Gasteiger partial charge in [-0.3, -0.25) is 24.7 Å². The lowest BCUT2D eigenvalue weighted by Gasteiger charge is -2.26. The quantitative estimate of drug-likeness (QED) is 0.0228. The lowest BCUT2D eigenvalue weighted by Crippen LogP contribution is -2.36. The van der Waals surface area contributed by atoms with E-state index >= 15 is 0 Å². The van der Waals surface area contributed by atoms with Gasteiger partial charge in [-0.25, -0.2) is 29.3 Å². The predicted octanol–water partition coefficient (Wildman–Crippen LogP) is 8.10. The van der Waals surface area contributed by atoms with E-state index in [0.717, 1.165) is 78.0 Å². The van der Waals surface area contributed by atoms with E-state index in [2.05, 4.69) is 38.7 Å². The van der Waals surface area contributed by atoms with E-state index in [0.29, 0.717) is 81.6 Å². The molecule has 16 nitrogen and oxygen atoms in total. The average Bonchev–Trinajstić information content (AvgIpc) is 4.17. The first-order chi connectivity index (χ1) is 32.9. The van der Waals surface area contributed by atoms with Crippen LogP contribution in [0.15, 0.2) is 98.6 Å². The summed E-state index contributed by atoms with van der Waals surface area (Å²) in [4.78, 5) is 56.6. The monoisotopic (exact) mass is 916 g/mol. The summed E-state index contributed by atoms with van der Waals surface area (Å²) in [6, 6.07) is 23.0. The highest BCUT2D eigenvalue weighted by Crippen LogP contribution is 2.27. The predicted molar refractivity (Wildman–Crippen MR) is 248 cm³/mol. The maximum absolute atomic E-state index is 13.2. The first-order valence-corrected chi connectivity index (χ1v) is 23.0. The molecule has 67 heavy (non-hydrogen) atoms. The number of nitrogens with zero attached hydrogens (tertiary/aromatic N) is 6. The molecular formula is C51H60N6O10. The van der Waals surface area contributed by atoms with Crippen LogP contribution in [0.4, 0.5) is 0 Å². The van der Waals surface area contributed by atoms with Crippen LogP contribution in [-0.4, -0.2) is 106 Å². The highest BCUT2D eigenvalue weighted by Gasteiger charge is 2.22. The molecule has 0 unspecified atom stereocenters.